The molecule has 24 heavy (non-hydrogen) atoms. The molecule has 0 aromatic heterocycles. The highest BCUT2D eigenvalue weighted by molar-refractivity contribution is 7.89. The molecule has 0 bridgehead atoms. The number of nitrogens with zero attached hydrogens (tertiary/aromatic N) is 1. The zero-order valence-corrected chi connectivity index (χ0v) is 15.3. The van der Waals surface area contributed by atoms with Crippen LogP contribution < -0.4 is 9.46 Å². The van der Waals surface area contributed by atoms with Crippen LogP contribution in [0.1, 0.15) is 17.2 Å². The first-order valence-corrected chi connectivity index (χ1v) is 9.18. The van der Waals surface area contributed by atoms with Gasteiger partial charge in [0.05, 0.1) is 12.0 Å². The molecule has 2 rings (SSSR count). The van der Waals surface area contributed by atoms with Gasteiger partial charge >= 0.3 is 0 Å². The van der Waals surface area contributed by atoms with E-state index in [0.717, 1.165) is 16.9 Å². The first-order chi connectivity index (χ1) is 11.3. The molecule has 0 aliphatic heterocycles. The molecule has 6 heteroatoms. The molecule has 0 spiro atoms. The summed E-state index contributed by atoms with van der Waals surface area (Å²) in [5, 5.41) is 0. The number of rotatable bonds is 7. The van der Waals surface area contributed by atoms with Crippen molar-refractivity contribution in [2.45, 2.75) is 17.9 Å². The van der Waals surface area contributed by atoms with E-state index in [1.807, 2.05) is 50.2 Å². The van der Waals surface area contributed by atoms with Crippen LogP contribution in [0.5, 0.6) is 5.75 Å². The van der Waals surface area contributed by atoms with E-state index in [0.29, 0.717) is 0 Å². The average Bonchev–Trinajstić information content (AvgIpc) is 2.55. The number of aryl methyl sites for hydroxylation is 1. The van der Waals surface area contributed by atoms with Crippen LogP contribution in [0, 0.1) is 6.92 Å². The summed E-state index contributed by atoms with van der Waals surface area (Å²) in [6.07, 6.45) is 0. The second-order valence-electron chi connectivity index (χ2n) is 5.92. The van der Waals surface area contributed by atoms with E-state index in [4.69, 9.17) is 4.74 Å². The first kappa shape index (κ1) is 18.4. The third-order valence-electron chi connectivity index (χ3n) is 3.90. The molecular weight excluding hydrogens is 324 g/mol. The summed E-state index contributed by atoms with van der Waals surface area (Å²) in [4.78, 5) is 2.25. The molecule has 130 valence electrons. The lowest BCUT2D eigenvalue weighted by molar-refractivity contribution is 0.298. The number of hydrogen-bond acceptors (Lipinski definition) is 4. The highest BCUT2D eigenvalue weighted by Gasteiger charge is 2.20. The van der Waals surface area contributed by atoms with E-state index in [-0.39, 0.29) is 17.5 Å². The van der Waals surface area contributed by atoms with Crippen LogP contribution in [0.2, 0.25) is 0 Å². The summed E-state index contributed by atoms with van der Waals surface area (Å²) in [5.74, 6) is 0.751. The summed E-state index contributed by atoms with van der Waals surface area (Å²) in [7, 11) is 1.92. The zero-order valence-electron chi connectivity index (χ0n) is 14.5. The van der Waals surface area contributed by atoms with Crippen LogP contribution in [0.25, 0.3) is 0 Å². The molecule has 1 unspecified atom stereocenters. The minimum absolute atomic E-state index is 0.0969. The molecule has 1 N–H and O–H groups in total. The number of benzene rings is 2. The van der Waals surface area contributed by atoms with Crippen molar-refractivity contribution in [3.8, 4) is 5.75 Å². The van der Waals surface area contributed by atoms with E-state index in [9.17, 15) is 8.42 Å². The Labute approximate surface area is 144 Å². The van der Waals surface area contributed by atoms with Crippen molar-refractivity contribution in [3.63, 3.8) is 0 Å². The molecule has 2 aromatic rings. The van der Waals surface area contributed by atoms with Gasteiger partial charge in [-0.2, -0.15) is 0 Å². The Morgan fingerprint density at radius 1 is 1.12 bits per heavy atom. The fraction of sp³-hybridized carbons (Fsp3) is 0.333. The summed E-state index contributed by atoms with van der Waals surface area (Å²) in [6.45, 7) is 2.20. The Morgan fingerprint density at radius 2 is 1.79 bits per heavy atom. The van der Waals surface area contributed by atoms with Crippen LogP contribution in [0.15, 0.2) is 53.4 Å². The summed E-state index contributed by atoms with van der Waals surface area (Å²) in [5.41, 5.74) is 2.02. The van der Waals surface area contributed by atoms with Gasteiger partial charge in [0.25, 0.3) is 0 Å². The predicted molar refractivity (Wildman–Crippen MR) is 95.8 cm³/mol. The van der Waals surface area contributed by atoms with Crippen molar-refractivity contribution in [2.75, 3.05) is 27.7 Å². The highest BCUT2D eigenvalue weighted by Crippen LogP contribution is 2.22. The second-order valence-corrected chi connectivity index (χ2v) is 7.69. The van der Waals surface area contributed by atoms with Gasteiger partial charge < -0.3 is 9.64 Å². The van der Waals surface area contributed by atoms with Gasteiger partial charge in [0.1, 0.15) is 5.75 Å². The minimum atomic E-state index is -3.54. The first-order valence-electron chi connectivity index (χ1n) is 7.70. The van der Waals surface area contributed by atoms with Crippen molar-refractivity contribution in [3.05, 3.63) is 59.7 Å². The molecule has 0 radical (unpaired) electrons. The summed E-state index contributed by atoms with van der Waals surface area (Å²) < 4.78 is 32.9. The largest absolute Gasteiger partial charge is 0.497 e. The van der Waals surface area contributed by atoms with Crippen LogP contribution in [0.3, 0.4) is 0 Å². The molecule has 0 saturated heterocycles. The van der Waals surface area contributed by atoms with Gasteiger partial charge in [0.15, 0.2) is 0 Å². The lowest BCUT2D eigenvalue weighted by Crippen LogP contribution is -2.34. The molecular formula is C18H24N2O3S. The molecule has 5 nitrogen and oxygen atoms in total. The van der Waals surface area contributed by atoms with Gasteiger partial charge in [0, 0.05) is 12.6 Å². The SMILES string of the molecule is COc1cccc(C(CNS(=O)(=O)c2ccc(C)cc2)N(C)C)c1. The van der Waals surface area contributed by atoms with Crippen molar-refractivity contribution < 1.29 is 13.2 Å². The fourth-order valence-corrected chi connectivity index (χ4v) is 3.48. The van der Waals surface area contributed by atoms with E-state index >= 15 is 0 Å². The number of nitrogens with one attached hydrogen (secondary N) is 1. The van der Waals surface area contributed by atoms with Crippen LogP contribution in [-0.4, -0.2) is 41.1 Å². The number of likely N-dealkylation sites (N-methyl/N-ethyl adjacent to an activating group) is 1. The molecule has 0 heterocycles. The lowest BCUT2D eigenvalue weighted by atomic mass is 10.1. The van der Waals surface area contributed by atoms with Crippen LogP contribution >= 0.6 is 0 Å². The minimum Gasteiger partial charge on any atom is -0.497 e. The highest BCUT2D eigenvalue weighted by atomic mass is 32.2. The van der Waals surface area contributed by atoms with Gasteiger partial charge in [-0.1, -0.05) is 29.8 Å². The number of ether oxygens (including phenoxy) is 1. The Hall–Kier alpha value is -1.89. The Morgan fingerprint density at radius 3 is 2.38 bits per heavy atom. The second kappa shape index (κ2) is 7.79. The van der Waals surface area contributed by atoms with Gasteiger partial charge in [-0.05, 0) is 50.8 Å². The standard InChI is InChI=1S/C18H24N2O3S/c1-14-8-10-17(11-9-14)24(21,22)19-13-18(20(2)3)15-6-5-7-16(12-15)23-4/h5-12,18-19H,13H2,1-4H3. The predicted octanol–water partition coefficient (Wildman–Crippen LogP) is 2.58. The molecule has 1 atom stereocenters. The fourth-order valence-electron chi connectivity index (χ4n) is 2.44. The van der Waals surface area contributed by atoms with Crippen molar-refractivity contribution in [1.82, 2.24) is 9.62 Å². The third kappa shape index (κ3) is 4.56. The Kier molecular flexibility index (Phi) is 5.99. The third-order valence-corrected chi connectivity index (χ3v) is 5.34. The summed E-state index contributed by atoms with van der Waals surface area (Å²) in [6, 6.07) is 14.4. The number of methoxy groups -OCH3 is 1. The molecule has 0 amide bonds. The molecule has 0 fully saturated rings. The Balaban J connectivity index is 2.17. The molecule has 0 saturated carbocycles. The van der Waals surface area contributed by atoms with Crippen molar-refractivity contribution in [2.24, 2.45) is 0 Å². The maximum Gasteiger partial charge on any atom is 0.240 e. The van der Waals surface area contributed by atoms with E-state index in [1.165, 1.54) is 0 Å². The van der Waals surface area contributed by atoms with E-state index < -0.39 is 10.0 Å². The quantitative estimate of drug-likeness (QED) is 0.835. The van der Waals surface area contributed by atoms with Crippen LogP contribution in [-0.2, 0) is 10.0 Å². The van der Waals surface area contributed by atoms with Crippen LogP contribution in [0.4, 0.5) is 0 Å². The maximum absolute atomic E-state index is 12.5. The summed E-state index contributed by atoms with van der Waals surface area (Å²) >= 11 is 0. The molecule has 0 aliphatic carbocycles. The van der Waals surface area contributed by atoms with Gasteiger partial charge in [-0.15, -0.1) is 0 Å². The van der Waals surface area contributed by atoms with Gasteiger partial charge in [-0.25, -0.2) is 13.1 Å². The van der Waals surface area contributed by atoms with Gasteiger partial charge in [-0.3, -0.25) is 0 Å². The Bertz CT molecular complexity index is 771. The van der Waals surface area contributed by atoms with Crippen molar-refractivity contribution >= 4 is 10.0 Å². The topological polar surface area (TPSA) is 58.6 Å². The van der Waals surface area contributed by atoms with Crippen molar-refractivity contribution in [1.29, 1.82) is 0 Å². The van der Waals surface area contributed by atoms with E-state index in [2.05, 4.69) is 4.72 Å². The van der Waals surface area contributed by atoms with E-state index in [1.54, 1.807) is 31.4 Å². The monoisotopic (exact) mass is 348 g/mol. The molecule has 2 aromatic carbocycles. The average molecular weight is 348 g/mol. The number of sulfonamides is 1. The number of hydrogen-bond donors (Lipinski definition) is 1. The smallest absolute Gasteiger partial charge is 0.240 e. The van der Waals surface area contributed by atoms with Gasteiger partial charge in [0.2, 0.25) is 10.0 Å². The lowest BCUT2D eigenvalue weighted by Gasteiger charge is -2.25. The molecule has 0 aliphatic rings. The zero-order chi connectivity index (χ0) is 17.7. The maximum atomic E-state index is 12.5. The normalized spacial score (nSPS) is 13.0.